The van der Waals surface area contributed by atoms with Gasteiger partial charge >= 0.3 is 0 Å². The van der Waals surface area contributed by atoms with Crippen LogP contribution >= 0.6 is 0 Å². The van der Waals surface area contributed by atoms with E-state index in [-0.39, 0.29) is 30.7 Å². The van der Waals surface area contributed by atoms with Gasteiger partial charge in [-0.3, -0.25) is 0 Å². The van der Waals surface area contributed by atoms with E-state index < -0.39 is 17.9 Å². The van der Waals surface area contributed by atoms with Crippen molar-refractivity contribution in [3.05, 3.63) is 0 Å². The first-order chi connectivity index (χ1) is 14.8. The van der Waals surface area contributed by atoms with Crippen LogP contribution in [-0.2, 0) is 37.9 Å². The first-order valence-electron chi connectivity index (χ1n) is 12.0. The van der Waals surface area contributed by atoms with Crippen molar-refractivity contribution < 1.29 is 37.9 Å². The zero-order valence-electron chi connectivity index (χ0n) is 19.5. The zero-order valence-corrected chi connectivity index (χ0v) is 19.5. The van der Waals surface area contributed by atoms with E-state index in [1.165, 1.54) is 6.42 Å². The third-order valence-electron chi connectivity index (χ3n) is 6.16. The molecule has 0 amide bonds. The van der Waals surface area contributed by atoms with E-state index in [0.29, 0.717) is 13.2 Å². The average Bonchev–Trinajstić information content (AvgIpc) is 3.21. The molecule has 0 saturated carbocycles. The monoisotopic (exact) mass is 444 g/mol. The van der Waals surface area contributed by atoms with Gasteiger partial charge in [-0.1, -0.05) is 12.8 Å². The van der Waals surface area contributed by atoms with Crippen molar-refractivity contribution in [2.75, 3.05) is 26.4 Å². The number of hydrogen-bond donors (Lipinski definition) is 0. The molecule has 180 valence electrons. The van der Waals surface area contributed by atoms with Gasteiger partial charge in [-0.05, 0) is 59.8 Å². The van der Waals surface area contributed by atoms with Crippen molar-refractivity contribution in [2.45, 2.75) is 121 Å². The minimum atomic E-state index is -0.696. The van der Waals surface area contributed by atoms with Crippen molar-refractivity contribution in [3.8, 4) is 0 Å². The van der Waals surface area contributed by atoms with Crippen molar-refractivity contribution in [2.24, 2.45) is 0 Å². The summed E-state index contributed by atoms with van der Waals surface area (Å²) in [7, 11) is 0. The summed E-state index contributed by atoms with van der Waals surface area (Å²) in [5.41, 5.74) is 0. The Morgan fingerprint density at radius 1 is 0.774 bits per heavy atom. The van der Waals surface area contributed by atoms with Crippen molar-refractivity contribution in [3.63, 3.8) is 0 Å². The molecule has 31 heavy (non-hydrogen) atoms. The minimum Gasteiger partial charge on any atom is -0.379 e. The summed E-state index contributed by atoms with van der Waals surface area (Å²) in [6, 6.07) is 0. The Balaban J connectivity index is 1.12. The summed E-state index contributed by atoms with van der Waals surface area (Å²) in [5, 5.41) is 0. The topological polar surface area (TPSA) is 73.8 Å². The Bertz CT molecular complexity index is 562. The third kappa shape index (κ3) is 6.38. The molecule has 4 saturated heterocycles. The number of hydrogen-bond acceptors (Lipinski definition) is 8. The van der Waals surface area contributed by atoms with Crippen LogP contribution in [0.25, 0.3) is 0 Å². The maximum absolute atomic E-state index is 6.16. The van der Waals surface area contributed by atoms with E-state index in [1.807, 2.05) is 27.7 Å². The molecule has 0 bridgehead atoms. The van der Waals surface area contributed by atoms with Gasteiger partial charge in [-0.15, -0.1) is 0 Å². The van der Waals surface area contributed by atoms with Crippen LogP contribution in [0.2, 0.25) is 0 Å². The van der Waals surface area contributed by atoms with Crippen LogP contribution in [0.4, 0.5) is 0 Å². The molecule has 4 heterocycles. The molecule has 0 aliphatic carbocycles. The van der Waals surface area contributed by atoms with Crippen LogP contribution < -0.4 is 0 Å². The molecule has 0 spiro atoms. The van der Waals surface area contributed by atoms with Gasteiger partial charge in [0.1, 0.15) is 24.4 Å². The zero-order chi connectivity index (χ0) is 21.9. The molecule has 0 aromatic rings. The largest absolute Gasteiger partial charge is 0.379 e. The number of ether oxygens (including phenoxy) is 8. The standard InChI is InChI=1S/C23H40O8/c1-22(2)28-18-16(27-21-20(19(18)29-22)30-23(3,4)31-21)15-24-12-8-5-6-9-13-25-17-11-7-10-14-26-17/h16-21H,5-15H2,1-4H3/t16-,17?,18+,19+,20-,21-/m1/s1. The maximum Gasteiger partial charge on any atom is 0.190 e. The molecule has 4 aliphatic rings. The van der Waals surface area contributed by atoms with E-state index in [0.717, 1.165) is 51.7 Å². The predicted octanol–water partition coefficient (Wildman–Crippen LogP) is 3.50. The van der Waals surface area contributed by atoms with Crippen LogP contribution in [0, 0.1) is 0 Å². The molecule has 8 heteroatoms. The lowest BCUT2D eigenvalue weighted by Gasteiger charge is -2.37. The predicted molar refractivity (Wildman–Crippen MR) is 111 cm³/mol. The van der Waals surface area contributed by atoms with Crippen molar-refractivity contribution in [1.82, 2.24) is 0 Å². The number of fused-ring (bicyclic) bond motifs is 3. The molecule has 0 aromatic carbocycles. The summed E-state index contributed by atoms with van der Waals surface area (Å²) >= 11 is 0. The van der Waals surface area contributed by atoms with E-state index >= 15 is 0 Å². The van der Waals surface area contributed by atoms with Gasteiger partial charge in [0.05, 0.1) is 6.61 Å². The molecule has 0 aromatic heterocycles. The quantitative estimate of drug-likeness (QED) is 0.474. The highest BCUT2D eigenvalue weighted by molar-refractivity contribution is 5.00. The number of rotatable bonds is 10. The molecule has 0 radical (unpaired) electrons. The SMILES string of the molecule is CC1(C)O[C@H]2[C@@H](O1)[C@@H](COCCCCCCOC1CCCCO1)O[C@@H]1OC(C)(C)O[C@@H]12. The van der Waals surface area contributed by atoms with Gasteiger partial charge in [0.2, 0.25) is 0 Å². The molecule has 4 rings (SSSR count). The van der Waals surface area contributed by atoms with Crippen LogP contribution in [0.3, 0.4) is 0 Å². The van der Waals surface area contributed by atoms with Crippen LogP contribution in [0.5, 0.6) is 0 Å². The summed E-state index contributed by atoms with van der Waals surface area (Å²) < 4.78 is 47.7. The van der Waals surface area contributed by atoms with Gasteiger partial charge < -0.3 is 37.9 Å². The van der Waals surface area contributed by atoms with Gasteiger partial charge in [0.25, 0.3) is 0 Å². The summed E-state index contributed by atoms with van der Waals surface area (Å²) in [6.45, 7) is 10.4. The highest BCUT2D eigenvalue weighted by Gasteiger charge is 2.60. The Hall–Kier alpha value is -0.320. The van der Waals surface area contributed by atoms with Gasteiger partial charge in [-0.25, -0.2) is 0 Å². The number of unbranched alkanes of at least 4 members (excludes halogenated alkanes) is 3. The van der Waals surface area contributed by atoms with Crippen molar-refractivity contribution >= 4 is 0 Å². The molecule has 4 aliphatic heterocycles. The fraction of sp³-hybridized carbons (Fsp3) is 1.00. The first kappa shape index (κ1) is 23.8. The molecular weight excluding hydrogens is 404 g/mol. The Kier molecular flexibility index (Phi) is 7.92. The smallest absolute Gasteiger partial charge is 0.190 e. The highest BCUT2D eigenvalue weighted by atomic mass is 16.9. The Morgan fingerprint density at radius 2 is 1.48 bits per heavy atom. The second-order valence-electron chi connectivity index (χ2n) is 9.86. The second-order valence-corrected chi connectivity index (χ2v) is 9.86. The normalized spacial score (nSPS) is 38.7. The third-order valence-corrected chi connectivity index (χ3v) is 6.16. The minimum absolute atomic E-state index is 0.0163. The van der Waals surface area contributed by atoms with E-state index in [1.54, 1.807) is 0 Å². The van der Waals surface area contributed by atoms with Crippen LogP contribution in [0.15, 0.2) is 0 Å². The lowest BCUT2D eigenvalue weighted by atomic mass is 9.99. The fourth-order valence-electron chi connectivity index (χ4n) is 4.74. The summed E-state index contributed by atoms with van der Waals surface area (Å²) in [4.78, 5) is 0. The average molecular weight is 445 g/mol. The van der Waals surface area contributed by atoms with Gasteiger partial charge in [0, 0.05) is 19.8 Å². The molecule has 1 unspecified atom stereocenters. The lowest BCUT2D eigenvalue weighted by Crippen LogP contribution is -2.56. The van der Waals surface area contributed by atoms with E-state index in [2.05, 4.69) is 0 Å². The molecule has 4 fully saturated rings. The van der Waals surface area contributed by atoms with Crippen molar-refractivity contribution in [1.29, 1.82) is 0 Å². The van der Waals surface area contributed by atoms with Gasteiger partial charge in [-0.2, -0.15) is 0 Å². The highest BCUT2D eigenvalue weighted by Crippen LogP contribution is 2.44. The Labute approximate surface area is 186 Å². The second kappa shape index (κ2) is 10.3. The molecule has 6 atom stereocenters. The summed E-state index contributed by atoms with van der Waals surface area (Å²) in [6.07, 6.45) is 6.29. The van der Waals surface area contributed by atoms with Crippen LogP contribution in [0.1, 0.15) is 72.6 Å². The Morgan fingerprint density at radius 3 is 2.26 bits per heavy atom. The fourth-order valence-corrected chi connectivity index (χ4v) is 4.74. The van der Waals surface area contributed by atoms with Crippen LogP contribution in [-0.4, -0.2) is 75.0 Å². The lowest BCUT2D eigenvalue weighted by molar-refractivity contribution is -0.243. The molecule has 0 N–H and O–H groups in total. The maximum atomic E-state index is 6.16. The van der Waals surface area contributed by atoms with E-state index in [4.69, 9.17) is 37.9 Å². The summed E-state index contributed by atoms with van der Waals surface area (Å²) in [5.74, 6) is -1.37. The molecule has 8 nitrogen and oxygen atoms in total. The van der Waals surface area contributed by atoms with E-state index in [9.17, 15) is 0 Å². The molecular formula is C23H40O8. The van der Waals surface area contributed by atoms with Gasteiger partial charge in [0.15, 0.2) is 24.2 Å². The first-order valence-corrected chi connectivity index (χ1v) is 12.0.